The molecule has 1 saturated heterocycles. The van der Waals surface area contributed by atoms with Crippen molar-refractivity contribution < 1.29 is 23.9 Å². The Balaban J connectivity index is 1.17. The van der Waals surface area contributed by atoms with E-state index in [2.05, 4.69) is 5.32 Å². The Bertz CT molecular complexity index is 656. The molecular formula is C20H29N3O5. The fourth-order valence-electron chi connectivity index (χ4n) is 6.08. The number of rotatable bonds is 7. The highest BCUT2D eigenvalue weighted by Crippen LogP contribution is 2.55. The quantitative estimate of drug-likeness (QED) is 0.521. The summed E-state index contributed by atoms with van der Waals surface area (Å²) >= 11 is 0. The summed E-state index contributed by atoms with van der Waals surface area (Å²) in [5.74, 6) is 1.27. The molecule has 154 valence electrons. The summed E-state index contributed by atoms with van der Waals surface area (Å²) in [7, 11) is 1.57. The highest BCUT2D eigenvalue weighted by molar-refractivity contribution is 6.01. The van der Waals surface area contributed by atoms with Crippen LogP contribution in [0.4, 0.5) is 4.79 Å². The molecule has 5 aliphatic rings. The van der Waals surface area contributed by atoms with Gasteiger partial charge in [-0.1, -0.05) is 0 Å². The minimum absolute atomic E-state index is 0.0748. The molecular weight excluding hydrogens is 362 g/mol. The highest BCUT2D eigenvalue weighted by Gasteiger charge is 2.51. The molecule has 8 heteroatoms. The molecule has 4 amide bonds. The molecule has 8 nitrogen and oxygen atoms in total. The van der Waals surface area contributed by atoms with Crippen LogP contribution in [0.2, 0.25) is 0 Å². The lowest BCUT2D eigenvalue weighted by Crippen LogP contribution is -2.60. The molecule has 4 saturated carbocycles. The minimum atomic E-state index is -0.479. The topological polar surface area (TPSA) is 96.0 Å². The van der Waals surface area contributed by atoms with Crippen molar-refractivity contribution >= 4 is 23.8 Å². The molecule has 28 heavy (non-hydrogen) atoms. The third-order valence-electron chi connectivity index (χ3n) is 6.80. The zero-order chi connectivity index (χ0) is 19.9. The van der Waals surface area contributed by atoms with Crippen molar-refractivity contribution in [3.8, 4) is 0 Å². The van der Waals surface area contributed by atoms with Crippen LogP contribution in [0.1, 0.15) is 51.4 Å². The van der Waals surface area contributed by atoms with E-state index in [0.29, 0.717) is 6.42 Å². The Morgan fingerprint density at radius 2 is 1.71 bits per heavy atom. The first-order valence-electron chi connectivity index (χ1n) is 10.4. The van der Waals surface area contributed by atoms with Gasteiger partial charge in [0.05, 0.1) is 0 Å². The average molecular weight is 391 g/mol. The minimum Gasteiger partial charge on any atom is -0.456 e. The Labute approximate surface area is 164 Å². The number of imide groups is 1. The fraction of sp³-hybridized carbons (Fsp3) is 0.800. The molecule has 5 rings (SSSR count). The van der Waals surface area contributed by atoms with Gasteiger partial charge < -0.3 is 15.0 Å². The van der Waals surface area contributed by atoms with Gasteiger partial charge >= 0.3 is 12.0 Å². The van der Waals surface area contributed by atoms with E-state index in [9.17, 15) is 19.2 Å². The van der Waals surface area contributed by atoms with E-state index in [-0.39, 0.29) is 49.5 Å². The van der Waals surface area contributed by atoms with E-state index < -0.39 is 5.97 Å². The van der Waals surface area contributed by atoms with Gasteiger partial charge in [-0.3, -0.25) is 19.3 Å². The van der Waals surface area contributed by atoms with Gasteiger partial charge in [0, 0.05) is 25.6 Å². The summed E-state index contributed by atoms with van der Waals surface area (Å²) < 4.78 is 5.11. The molecule has 0 aromatic carbocycles. The number of ether oxygens (including phenoxy) is 1. The van der Waals surface area contributed by atoms with Crippen molar-refractivity contribution in [1.82, 2.24) is 15.1 Å². The lowest BCUT2D eigenvalue weighted by atomic mass is 9.53. The number of carbonyl (C=O) groups is 4. The molecule has 0 atom stereocenters. The summed E-state index contributed by atoms with van der Waals surface area (Å²) in [6.07, 6.45) is 7.51. The third-order valence-corrected chi connectivity index (χ3v) is 6.80. The van der Waals surface area contributed by atoms with Crippen LogP contribution in [0.25, 0.3) is 0 Å². The number of nitrogens with zero attached hydrogens (tertiary/aromatic N) is 2. The molecule has 4 aliphatic carbocycles. The van der Waals surface area contributed by atoms with Crippen LogP contribution in [0, 0.1) is 17.8 Å². The predicted molar refractivity (Wildman–Crippen MR) is 99.0 cm³/mol. The molecule has 1 aliphatic heterocycles. The maximum atomic E-state index is 12.3. The summed E-state index contributed by atoms with van der Waals surface area (Å²) in [4.78, 5) is 50.2. The van der Waals surface area contributed by atoms with Crippen LogP contribution in [0.15, 0.2) is 0 Å². The number of urea groups is 1. The second-order valence-electron chi connectivity index (χ2n) is 9.19. The SMILES string of the molecule is CN1CC(=O)N(CCCC(=O)OCC(=O)NC23CC4CC(CC(C4)C2)C3)C1=O. The van der Waals surface area contributed by atoms with Gasteiger partial charge in [0.2, 0.25) is 5.91 Å². The number of nitrogens with one attached hydrogen (secondary N) is 1. The lowest BCUT2D eigenvalue weighted by molar-refractivity contribution is -0.150. The van der Waals surface area contributed by atoms with Gasteiger partial charge in [-0.2, -0.15) is 0 Å². The molecule has 0 spiro atoms. The summed E-state index contributed by atoms with van der Waals surface area (Å²) in [6.45, 7) is 0.00918. The lowest BCUT2D eigenvalue weighted by Gasteiger charge is -2.56. The van der Waals surface area contributed by atoms with Gasteiger partial charge in [0.25, 0.3) is 5.91 Å². The van der Waals surface area contributed by atoms with Crippen LogP contribution in [0.3, 0.4) is 0 Å². The third kappa shape index (κ3) is 3.86. The molecule has 1 heterocycles. The van der Waals surface area contributed by atoms with Crippen molar-refractivity contribution in [2.75, 3.05) is 26.7 Å². The van der Waals surface area contributed by atoms with Crippen LogP contribution >= 0.6 is 0 Å². The van der Waals surface area contributed by atoms with Crippen molar-refractivity contribution in [3.63, 3.8) is 0 Å². The normalized spacial score (nSPS) is 33.5. The fourth-order valence-corrected chi connectivity index (χ4v) is 6.08. The first-order chi connectivity index (χ1) is 13.3. The average Bonchev–Trinajstić information content (AvgIpc) is 2.84. The Morgan fingerprint density at radius 3 is 2.25 bits per heavy atom. The number of hydrogen-bond acceptors (Lipinski definition) is 5. The number of hydrogen-bond donors (Lipinski definition) is 1. The van der Waals surface area contributed by atoms with Crippen LogP contribution in [-0.4, -0.2) is 65.9 Å². The maximum Gasteiger partial charge on any atom is 0.326 e. The molecule has 0 radical (unpaired) electrons. The first kappa shape index (κ1) is 19.2. The Kier molecular flexibility index (Phi) is 5.05. The van der Waals surface area contributed by atoms with Gasteiger partial charge in [-0.05, 0) is 62.7 Å². The maximum absolute atomic E-state index is 12.3. The van der Waals surface area contributed by atoms with E-state index >= 15 is 0 Å². The molecule has 4 bridgehead atoms. The number of carbonyl (C=O) groups excluding carboxylic acids is 4. The van der Waals surface area contributed by atoms with Crippen LogP contribution < -0.4 is 5.32 Å². The summed E-state index contributed by atoms with van der Waals surface area (Å²) in [5.41, 5.74) is -0.0826. The zero-order valence-electron chi connectivity index (χ0n) is 16.4. The van der Waals surface area contributed by atoms with E-state index in [1.54, 1.807) is 7.05 Å². The second kappa shape index (κ2) is 7.37. The van der Waals surface area contributed by atoms with Crippen molar-refractivity contribution in [2.24, 2.45) is 17.8 Å². The van der Waals surface area contributed by atoms with E-state index in [4.69, 9.17) is 4.74 Å². The molecule has 0 aromatic rings. The number of esters is 1. The second-order valence-corrected chi connectivity index (χ2v) is 9.19. The van der Waals surface area contributed by atoms with Gasteiger partial charge in [-0.25, -0.2) is 4.79 Å². The van der Waals surface area contributed by atoms with Crippen molar-refractivity contribution in [3.05, 3.63) is 0 Å². The monoisotopic (exact) mass is 391 g/mol. The summed E-state index contributed by atoms with van der Waals surface area (Å²) in [6, 6.07) is -0.340. The van der Waals surface area contributed by atoms with Crippen molar-refractivity contribution in [2.45, 2.75) is 56.9 Å². The standard InChI is InChI=1S/C20H29N3O5/c1-22-11-17(25)23(19(22)27)4-2-3-18(26)28-12-16(24)21-20-8-13-5-14(9-20)7-15(6-13)10-20/h13-15H,2-12H2,1H3,(H,21,24). The zero-order valence-corrected chi connectivity index (χ0v) is 16.4. The molecule has 1 N–H and O–H groups in total. The first-order valence-corrected chi connectivity index (χ1v) is 10.4. The van der Waals surface area contributed by atoms with Gasteiger partial charge in [0.15, 0.2) is 6.61 Å². The van der Waals surface area contributed by atoms with E-state index in [1.165, 1.54) is 24.2 Å². The van der Waals surface area contributed by atoms with E-state index in [0.717, 1.165) is 41.9 Å². The predicted octanol–water partition coefficient (Wildman–Crippen LogP) is 1.29. The largest absolute Gasteiger partial charge is 0.456 e. The Morgan fingerprint density at radius 1 is 1.11 bits per heavy atom. The van der Waals surface area contributed by atoms with E-state index in [1.807, 2.05) is 0 Å². The van der Waals surface area contributed by atoms with Crippen LogP contribution in [0.5, 0.6) is 0 Å². The van der Waals surface area contributed by atoms with Gasteiger partial charge in [0.1, 0.15) is 6.54 Å². The number of amides is 4. The molecule has 5 fully saturated rings. The highest BCUT2D eigenvalue weighted by atomic mass is 16.5. The summed E-state index contributed by atoms with van der Waals surface area (Å²) in [5, 5.41) is 3.18. The smallest absolute Gasteiger partial charge is 0.326 e. The van der Waals surface area contributed by atoms with Crippen molar-refractivity contribution in [1.29, 1.82) is 0 Å². The molecule has 0 aromatic heterocycles. The molecule has 0 unspecified atom stereocenters. The van der Waals surface area contributed by atoms with Gasteiger partial charge in [-0.15, -0.1) is 0 Å². The Hall–Kier alpha value is -2.12. The number of likely N-dealkylation sites (N-methyl/N-ethyl adjacent to an activating group) is 1. The van der Waals surface area contributed by atoms with Crippen LogP contribution in [-0.2, 0) is 19.1 Å².